The lowest BCUT2D eigenvalue weighted by molar-refractivity contribution is 0.102. The Hall–Kier alpha value is -1.71. The predicted molar refractivity (Wildman–Crippen MR) is 96.9 cm³/mol. The van der Waals surface area contributed by atoms with Crippen LogP contribution in [0.15, 0.2) is 42.5 Å². The van der Waals surface area contributed by atoms with Gasteiger partial charge in [-0.05, 0) is 61.7 Å². The summed E-state index contributed by atoms with van der Waals surface area (Å²) in [5.74, 6) is -0.177. The van der Waals surface area contributed by atoms with Crippen LogP contribution in [0.1, 0.15) is 29.6 Å². The monoisotopic (exact) mass is 348 g/mol. The number of nitrogens with one attached hydrogen (secondary N) is 1. The number of halogens is 2. The molecule has 1 N–H and O–H groups in total. The van der Waals surface area contributed by atoms with E-state index in [1.165, 1.54) is 19.3 Å². The van der Waals surface area contributed by atoms with Crippen molar-refractivity contribution < 1.29 is 4.79 Å². The van der Waals surface area contributed by atoms with Gasteiger partial charge in [0.15, 0.2) is 0 Å². The van der Waals surface area contributed by atoms with E-state index in [9.17, 15) is 4.79 Å². The highest BCUT2D eigenvalue weighted by Gasteiger charge is 2.14. The van der Waals surface area contributed by atoms with Crippen molar-refractivity contribution >= 4 is 40.5 Å². The molecule has 23 heavy (non-hydrogen) atoms. The van der Waals surface area contributed by atoms with Gasteiger partial charge in [-0.3, -0.25) is 4.79 Å². The zero-order chi connectivity index (χ0) is 16.2. The second-order valence-electron chi connectivity index (χ2n) is 5.67. The molecular formula is C18H18Cl2N2O. The number of rotatable bonds is 3. The van der Waals surface area contributed by atoms with Gasteiger partial charge < -0.3 is 10.2 Å². The molecule has 1 heterocycles. The molecule has 1 fully saturated rings. The Kier molecular flexibility index (Phi) is 5.09. The molecule has 0 aromatic heterocycles. The van der Waals surface area contributed by atoms with Gasteiger partial charge in [-0.2, -0.15) is 0 Å². The number of benzene rings is 2. The van der Waals surface area contributed by atoms with E-state index < -0.39 is 0 Å². The van der Waals surface area contributed by atoms with Crippen molar-refractivity contribution in [1.29, 1.82) is 0 Å². The zero-order valence-electron chi connectivity index (χ0n) is 12.7. The number of anilines is 2. The highest BCUT2D eigenvalue weighted by atomic mass is 35.5. The van der Waals surface area contributed by atoms with Gasteiger partial charge in [0.05, 0.1) is 10.7 Å². The molecule has 0 bridgehead atoms. The molecule has 0 radical (unpaired) electrons. The van der Waals surface area contributed by atoms with E-state index in [-0.39, 0.29) is 5.91 Å². The molecule has 0 saturated carbocycles. The maximum absolute atomic E-state index is 12.2. The SMILES string of the molecule is O=C(Nc1ccc(N2CCCCC2)c(Cl)c1)c1ccc(Cl)cc1. The van der Waals surface area contributed by atoms with Crippen LogP contribution in [-0.2, 0) is 0 Å². The van der Waals surface area contributed by atoms with Crippen molar-refractivity contribution in [2.45, 2.75) is 19.3 Å². The number of carbonyl (C=O) groups is 1. The standard InChI is InChI=1S/C18H18Cl2N2O/c19-14-6-4-13(5-7-14)18(23)21-15-8-9-17(16(20)12-15)22-10-2-1-3-11-22/h4-9,12H,1-3,10-11H2,(H,21,23). The van der Waals surface area contributed by atoms with Crippen LogP contribution >= 0.6 is 23.2 Å². The first-order chi connectivity index (χ1) is 11.1. The van der Waals surface area contributed by atoms with Gasteiger partial charge in [-0.15, -0.1) is 0 Å². The average molecular weight is 349 g/mol. The van der Waals surface area contributed by atoms with Crippen molar-refractivity contribution in [2.75, 3.05) is 23.3 Å². The smallest absolute Gasteiger partial charge is 0.255 e. The first kappa shape index (κ1) is 16.2. The lowest BCUT2D eigenvalue weighted by Gasteiger charge is -2.29. The first-order valence-electron chi connectivity index (χ1n) is 7.75. The van der Waals surface area contributed by atoms with E-state index in [0.717, 1.165) is 18.8 Å². The molecule has 1 aliphatic rings. The number of nitrogens with zero attached hydrogens (tertiary/aromatic N) is 1. The summed E-state index contributed by atoms with van der Waals surface area (Å²) in [5, 5.41) is 4.14. The Morgan fingerprint density at radius 1 is 0.957 bits per heavy atom. The highest BCUT2D eigenvalue weighted by Crippen LogP contribution is 2.31. The second kappa shape index (κ2) is 7.24. The quantitative estimate of drug-likeness (QED) is 0.822. The predicted octanol–water partition coefficient (Wildman–Crippen LogP) is 5.24. The molecule has 2 aromatic rings. The van der Waals surface area contributed by atoms with Crippen LogP contribution in [0.25, 0.3) is 0 Å². The van der Waals surface area contributed by atoms with E-state index in [1.54, 1.807) is 30.3 Å². The number of hydrogen-bond donors (Lipinski definition) is 1. The topological polar surface area (TPSA) is 32.3 Å². The Morgan fingerprint density at radius 2 is 1.65 bits per heavy atom. The lowest BCUT2D eigenvalue weighted by atomic mass is 10.1. The molecule has 3 nitrogen and oxygen atoms in total. The summed E-state index contributed by atoms with van der Waals surface area (Å²) in [6, 6.07) is 12.5. The average Bonchev–Trinajstić information content (AvgIpc) is 2.56. The molecule has 2 aromatic carbocycles. The van der Waals surface area contributed by atoms with E-state index in [1.807, 2.05) is 12.1 Å². The molecule has 0 spiro atoms. The molecular weight excluding hydrogens is 331 g/mol. The highest BCUT2D eigenvalue weighted by molar-refractivity contribution is 6.33. The number of amides is 1. The van der Waals surface area contributed by atoms with Crippen LogP contribution in [0.4, 0.5) is 11.4 Å². The van der Waals surface area contributed by atoms with Crippen LogP contribution in [0, 0.1) is 0 Å². The van der Waals surface area contributed by atoms with Gasteiger partial charge >= 0.3 is 0 Å². The molecule has 1 aliphatic heterocycles. The molecule has 0 unspecified atom stereocenters. The van der Waals surface area contributed by atoms with E-state index in [4.69, 9.17) is 23.2 Å². The summed E-state index contributed by atoms with van der Waals surface area (Å²) in [6.07, 6.45) is 3.68. The maximum Gasteiger partial charge on any atom is 0.255 e. The Morgan fingerprint density at radius 3 is 2.30 bits per heavy atom. The van der Waals surface area contributed by atoms with Gasteiger partial charge in [0, 0.05) is 29.4 Å². The van der Waals surface area contributed by atoms with Crippen LogP contribution < -0.4 is 10.2 Å². The second-order valence-corrected chi connectivity index (χ2v) is 6.52. The van der Waals surface area contributed by atoms with Crippen molar-refractivity contribution in [3.05, 3.63) is 58.1 Å². The van der Waals surface area contributed by atoms with Crippen molar-refractivity contribution in [2.24, 2.45) is 0 Å². The molecule has 5 heteroatoms. The number of carbonyl (C=O) groups excluding carboxylic acids is 1. The first-order valence-corrected chi connectivity index (χ1v) is 8.50. The Labute approximate surface area is 146 Å². The normalized spacial score (nSPS) is 14.6. The van der Waals surface area contributed by atoms with Crippen molar-refractivity contribution in [3.63, 3.8) is 0 Å². The van der Waals surface area contributed by atoms with Crippen LogP contribution in [0.5, 0.6) is 0 Å². The van der Waals surface area contributed by atoms with Gasteiger partial charge in [-0.25, -0.2) is 0 Å². The van der Waals surface area contributed by atoms with Crippen LogP contribution in [0.2, 0.25) is 10.0 Å². The fraction of sp³-hybridized carbons (Fsp3) is 0.278. The third kappa shape index (κ3) is 3.98. The molecule has 1 saturated heterocycles. The summed E-state index contributed by atoms with van der Waals surface area (Å²) < 4.78 is 0. The molecule has 120 valence electrons. The van der Waals surface area contributed by atoms with E-state index >= 15 is 0 Å². The minimum atomic E-state index is -0.177. The van der Waals surface area contributed by atoms with E-state index in [2.05, 4.69) is 10.2 Å². The summed E-state index contributed by atoms with van der Waals surface area (Å²) in [4.78, 5) is 14.5. The largest absolute Gasteiger partial charge is 0.370 e. The molecule has 1 amide bonds. The lowest BCUT2D eigenvalue weighted by Crippen LogP contribution is -2.29. The Balaban J connectivity index is 1.72. The molecule has 0 atom stereocenters. The maximum atomic E-state index is 12.2. The number of hydrogen-bond acceptors (Lipinski definition) is 2. The minimum Gasteiger partial charge on any atom is -0.370 e. The van der Waals surface area contributed by atoms with Crippen molar-refractivity contribution in [3.8, 4) is 0 Å². The van der Waals surface area contributed by atoms with Gasteiger partial charge in [0.1, 0.15) is 0 Å². The Bertz CT molecular complexity index is 695. The molecule has 3 rings (SSSR count). The molecule has 0 aliphatic carbocycles. The fourth-order valence-electron chi connectivity index (χ4n) is 2.78. The number of piperidine rings is 1. The third-order valence-electron chi connectivity index (χ3n) is 4.01. The summed E-state index contributed by atoms with van der Waals surface area (Å²) in [5.41, 5.74) is 2.29. The van der Waals surface area contributed by atoms with Crippen LogP contribution in [-0.4, -0.2) is 19.0 Å². The van der Waals surface area contributed by atoms with Gasteiger partial charge in [0.2, 0.25) is 0 Å². The van der Waals surface area contributed by atoms with Crippen LogP contribution in [0.3, 0.4) is 0 Å². The minimum absolute atomic E-state index is 0.177. The summed E-state index contributed by atoms with van der Waals surface area (Å²) in [7, 11) is 0. The zero-order valence-corrected chi connectivity index (χ0v) is 14.2. The van der Waals surface area contributed by atoms with Gasteiger partial charge in [0.25, 0.3) is 5.91 Å². The van der Waals surface area contributed by atoms with E-state index in [0.29, 0.717) is 21.3 Å². The van der Waals surface area contributed by atoms with Gasteiger partial charge in [-0.1, -0.05) is 23.2 Å². The van der Waals surface area contributed by atoms with Crippen molar-refractivity contribution in [1.82, 2.24) is 0 Å². The summed E-state index contributed by atoms with van der Waals surface area (Å²) >= 11 is 12.2. The summed E-state index contributed by atoms with van der Waals surface area (Å²) in [6.45, 7) is 2.08. The third-order valence-corrected chi connectivity index (χ3v) is 4.56. The fourth-order valence-corrected chi connectivity index (χ4v) is 3.21.